The Hall–Kier alpha value is -1.55. The van der Waals surface area contributed by atoms with Gasteiger partial charge in [0.25, 0.3) is 0 Å². The first kappa shape index (κ1) is 10.5. The molecule has 76 valence electrons. The molecule has 0 saturated heterocycles. The lowest BCUT2D eigenvalue weighted by Gasteiger charge is -2.07. The van der Waals surface area contributed by atoms with Crippen LogP contribution in [0, 0.1) is 0 Å². The fourth-order valence-corrected chi connectivity index (χ4v) is 0.881. The predicted octanol–water partition coefficient (Wildman–Crippen LogP) is 0.790. The Balaban J connectivity index is 2.41. The third kappa shape index (κ3) is 3.45. The molecule has 4 heteroatoms. The van der Waals surface area contributed by atoms with Gasteiger partial charge >= 0.3 is 0 Å². The zero-order valence-electron chi connectivity index (χ0n) is 7.93. The molecule has 0 aromatic carbocycles. The van der Waals surface area contributed by atoms with Gasteiger partial charge in [0.2, 0.25) is 5.91 Å². The van der Waals surface area contributed by atoms with Gasteiger partial charge < -0.3 is 14.8 Å². The van der Waals surface area contributed by atoms with E-state index in [1.807, 2.05) is 0 Å². The summed E-state index contributed by atoms with van der Waals surface area (Å²) in [5.74, 6) is 0.375. The molecule has 1 atom stereocenters. The highest BCUT2D eigenvalue weighted by molar-refractivity contribution is 5.91. The van der Waals surface area contributed by atoms with Crippen LogP contribution in [0.25, 0.3) is 6.08 Å². The van der Waals surface area contributed by atoms with Crippen molar-refractivity contribution in [3.05, 3.63) is 30.2 Å². The van der Waals surface area contributed by atoms with Gasteiger partial charge in [-0.05, 0) is 25.1 Å². The van der Waals surface area contributed by atoms with Crippen LogP contribution in [0.5, 0.6) is 0 Å². The fraction of sp³-hybridized carbons (Fsp3) is 0.300. The number of amides is 1. The third-order valence-electron chi connectivity index (χ3n) is 1.60. The molecule has 2 N–H and O–H groups in total. The molecule has 0 saturated carbocycles. The van der Waals surface area contributed by atoms with E-state index in [1.165, 1.54) is 12.3 Å². The first-order valence-electron chi connectivity index (χ1n) is 4.35. The molecule has 0 aliphatic heterocycles. The number of nitrogens with one attached hydrogen (secondary N) is 1. The molecule has 1 heterocycles. The molecule has 1 amide bonds. The van der Waals surface area contributed by atoms with E-state index in [0.717, 1.165) is 0 Å². The van der Waals surface area contributed by atoms with Gasteiger partial charge in [-0.3, -0.25) is 4.79 Å². The zero-order chi connectivity index (χ0) is 10.4. The highest BCUT2D eigenvalue weighted by Crippen LogP contribution is 2.01. The lowest BCUT2D eigenvalue weighted by Crippen LogP contribution is -2.33. The smallest absolute Gasteiger partial charge is 0.244 e. The normalized spacial score (nSPS) is 13.0. The molecular formula is C10H13NO3. The first-order valence-corrected chi connectivity index (χ1v) is 4.35. The largest absolute Gasteiger partial charge is 0.465 e. The predicted molar refractivity (Wildman–Crippen MR) is 52.4 cm³/mol. The molecule has 0 aliphatic rings. The highest BCUT2D eigenvalue weighted by atomic mass is 16.3. The van der Waals surface area contributed by atoms with Crippen molar-refractivity contribution in [1.29, 1.82) is 0 Å². The highest BCUT2D eigenvalue weighted by Gasteiger charge is 2.01. The van der Waals surface area contributed by atoms with Crippen LogP contribution in [-0.4, -0.2) is 23.7 Å². The van der Waals surface area contributed by atoms with Crippen molar-refractivity contribution in [2.75, 3.05) is 6.61 Å². The number of aliphatic hydroxyl groups excluding tert-OH is 1. The second kappa shape index (κ2) is 5.24. The van der Waals surface area contributed by atoms with E-state index < -0.39 is 0 Å². The van der Waals surface area contributed by atoms with E-state index in [4.69, 9.17) is 9.52 Å². The van der Waals surface area contributed by atoms with Crippen LogP contribution in [0.4, 0.5) is 0 Å². The van der Waals surface area contributed by atoms with Crippen LogP contribution < -0.4 is 5.32 Å². The van der Waals surface area contributed by atoms with Crippen molar-refractivity contribution >= 4 is 12.0 Å². The van der Waals surface area contributed by atoms with E-state index in [2.05, 4.69) is 5.32 Å². The van der Waals surface area contributed by atoms with Crippen molar-refractivity contribution in [3.8, 4) is 0 Å². The maximum absolute atomic E-state index is 11.2. The Morgan fingerprint density at radius 1 is 1.79 bits per heavy atom. The molecule has 4 nitrogen and oxygen atoms in total. The van der Waals surface area contributed by atoms with Gasteiger partial charge in [-0.15, -0.1) is 0 Å². The minimum Gasteiger partial charge on any atom is -0.465 e. The van der Waals surface area contributed by atoms with E-state index in [0.29, 0.717) is 5.76 Å². The van der Waals surface area contributed by atoms with E-state index in [9.17, 15) is 4.79 Å². The van der Waals surface area contributed by atoms with Crippen molar-refractivity contribution < 1.29 is 14.3 Å². The Morgan fingerprint density at radius 2 is 2.57 bits per heavy atom. The second-order valence-corrected chi connectivity index (χ2v) is 2.94. The number of rotatable bonds is 4. The van der Waals surface area contributed by atoms with E-state index in [-0.39, 0.29) is 18.6 Å². The van der Waals surface area contributed by atoms with Gasteiger partial charge in [0.15, 0.2) is 0 Å². The zero-order valence-corrected chi connectivity index (χ0v) is 7.93. The Labute approximate surface area is 82.2 Å². The summed E-state index contributed by atoms with van der Waals surface area (Å²) in [5, 5.41) is 11.3. The topological polar surface area (TPSA) is 62.5 Å². The van der Waals surface area contributed by atoms with Crippen LogP contribution in [0.2, 0.25) is 0 Å². The quantitative estimate of drug-likeness (QED) is 0.698. The van der Waals surface area contributed by atoms with Gasteiger partial charge in [-0.2, -0.15) is 0 Å². The molecule has 1 aromatic rings. The van der Waals surface area contributed by atoms with Crippen LogP contribution >= 0.6 is 0 Å². The molecule has 0 bridgehead atoms. The summed E-state index contributed by atoms with van der Waals surface area (Å²) < 4.78 is 5.00. The average molecular weight is 195 g/mol. The van der Waals surface area contributed by atoms with Crippen molar-refractivity contribution in [1.82, 2.24) is 5.32 Å². The number of hydrogen-bond acceptors (Lipinski definition) is 3. The van der Waals surface area contributed by atoms with Crippen LogP contribution in [-0.2, 0) is 4.79 Å². The van der Waals surface area contributed by atoms with E-state index in [1.54, 1.807) is 25.1 Å². The number of furan rings is 1. The van der Waals surface area contributed by atoms with Crippen molar-refractivity contribution in [3.63, 3.8) is 0 Å². The third-order valence-corrected chi connectivity index (χ3v) is 1.60. The van der Waals surface area contributed by atoms with Gasteiger partial charge in [-0.25, -0.2) is 0 Å². The summed E-state index contributed by atoms with van der Waals surface area (Å²) in [7, 11) is 0. The Bertz CT molecular complexity index is 303. The second-order valence-electron chi connectivity index (χ2n) is 2.94. The number of aliphatic hydroxyl groups is 1. The molecule has 1 aromatic heterocycles. The molecule has 0 fully saturated rings. The molecule has 14 heavy (non-hydrogen) atoms. The molecule has 0 unspecified atom stereocenters. The molecule has 0 radical (unpaired) electrons. The molecule has 0 spiro atoms. The summed E-state index contributed by atoms with van der Waals surface area (Å²) >= 11 is 0. The summed E-state index contributed by atoms with van der Waals surface area (Å²) in [6, 6.07) is 3.26. The average Bonchev–Trinajstić information content (AvgIpc) is 2.67. The van der Waals surface area contributed by atoms with Crippen molar-refractivity contribution in [2.45, 2.75) is 13.0 Å². The first-order chi connectivity index (χ1) is 6.72. The van der Waals surface area contributed by atoms with Crippen LogP contribution in [0.3, 0.4) is 0 Å². The summed E-state index contributed by atoms with van der Waals surface area (Å²) in [6.45, 7) is 1.65. The lowest BCUT2D eigenvalue weighted by molar-refractivity contribution is -0.117. The summed E-state index contributed by atoms with van der Waals surface area (Å²) in [4.78, 5) is 11.2. The minimum atomic E-state index is -0.247. The van der Waals surface area contributed by atoms with Gasteiger partial charge in [0.05, 0.1) is 12.9 Å². The van der Waals surface area contributed by atoms with Gasteiger partial charge in [0.1, 0.15) is 5.76 Å². The summed E-state index contributed by atoms with van der Waals surface area (Å²) in [6.07, 6.45) is 4.47. The van der Waals surface area contributed by atoms with Gasteiger partial charge in [-0.1, -0.05) is 0 Å². The SMILES string of the molecule is C[C@H](CO)NC(=O)C=Cc1ccco1. The maximum Gasteiger partial charge on any atom is 0.244 e. The Morgan fingerprint density at radius 3 is 3.14 bits per heavy atom. The van der Waals surface area contributed by atoms with Crippen LogP contribution in [0.15, 0.2) is 28.9 Å². The summed E-state index contributed by atoms with van der Waals surface area (Å²) in [5.41, 5.74) is 0. The molecular weight excluding hydrogens is 182 g/mol. The van der Waals surface area contributed by atoms with E-state index >= 15 is 0 Å². The number of hydrogen-bond donors (Lipinski definition) is 2. The maximum atomic E-state index is 11.2. The standard InChI is InChI=1S/C10H13NO3/c1-8(7-12)11-10(13)5-4-9-3-2-6-14-9/h2-6,8,12H,7H2,1H3,(H,11,13)/t8-/m1/s1. The number of carbonyl (C=O) groups excluding carboxylic acids is 1. The van der Waals surface area contributed by atoms with Crippen molar-refractivity contribution in [2.24, 2.45) is 0 Å². The van der Waals surface area contributed by atoms with Gasteiger partial charge in [0, 0.05) is 12.1 Å². The molecule has 1 rings (SSSR count). The number of carbonyl (C=O) groups is 1. The Kier molecular flexibility index (Phi) is 3.94. The fourth-order valence-electron chi connectivity index (χ4n) is 0.881. The van der Waals surface area contributed by atoms with Crippen LogP contribution in [0.1, 0.15) is 12.7 Å². The lowest BCUT2D eigenvalue weighted by atomic mass is 10.3. The molecule has 0 aliphatic carbocycles. The minimum absolute atomic E-state index is 0.0691. The monoisotopic (exact) mass is 195 g/mol.